The van der Waals surface area contributed by atoms with Gasteiger partial charge in [0.05, 0.1) is 16.9 Å². The van der Waals surface area contributed by atoms with E-state index in [0.717, 1.165) is 5.56 Å². The minimum absolute atomic E-state index is 0.0433. The molecule has 0 aliphatic rings. The van der Waals surface area contributed by atoms with Gasteiger partial charge in [-0.05, 0) is 29.3 Å². The first-order valence-corrected chi connectivity index (χ1v) is 6.09. The highest BCUT2D eigenvalue weighted by molar-refractivity contribution is 6.30. The van der Waals surface area contributed by atoms with Crippen molar-refractivity contribution < 1.29 is 4.92 Å². The number of anilines is 1. The molecule has 0 fully saturated rings. The van der Waals surface area contributed by atoms with Gasteiger partial charge in [-0.3, -0.25) is 10.1 Å². The molecule has 100 valence electrons. The van der Waals surface area contributed by atoms with E-state index in [1.165, 1.54) is 18.2 Å². The molecular weight excluding hydrogens is 278 g/mol. The Morgan fingerprint density at radius 3 is 2.30 bits per heavy atom. The smallest absolute Gasteiger partial charge is 0.292 e. The Labute approximate surface area is 120 Å². The summed E-state index contributed by atoms with van der Waals surface area (Å²) < 4.78 is 0. The van der Waals surface area contributed by atoms with Crippen molar-refractivity contribution in [2.75, 3.05) is 5.73 Å². The van der Waals surface area contributed by atoms with Crippen LogP contribution >= 0.6 is 11.6 Å². The Kier molecular flexibility index (Phi) is 3.87. The van der Waals surface area contributed by atoms with E-state index in [1.807, 2.05) is 0 Å². The van der Waals surface area contributed by atoms with Gasteiger partial charge in [-0.15, -0.1) is 0 Å². The largest absolute Gasteiger partial charge is 0.393 e. The van der Waals surface area contributed by atoms with Gasteiger partial charge in [0.2, 0.25) is 0 Å². The summed E-state index contributed by atoms with van der Waals surface area (Å²) in [6.45, 7) is 0. The van der Waals surface area contributed by atoms with Gasteiger partial charge in [-0.1, -0.05) is 29.8 Å². The number of halogens is 1. The van der Waals surface area contributed by atoms with Crippen LogP contribution in [0.25, 0.3) is 0 Å². The first-order chi connectivity index (χ1) is 9.52. The predicted molar refractivity (Wildman–Crippen MR) is 76.4 cm³/mol. The van der Waals surface area contributed by atoms with Gasteiger partial charge in [-0.25, -0.2) is 0 Å². The first kappa shape index (κ1) is 13.8. The number of rotatable bonds is 3. The monoisotopic (exact) mass is 287 g/mol. The number of hydrogen-bond donors (Lipinski definition) is 1. The lowest BCUT2D eigenvalue weighted by atomic mass is 9.92. The predicted octanol–water partition coefficient (Wildman–Crippen LogP) is 3.49. The van der Waals surface area contributed by atoms with Crippen LogP contribution in [0, 0.1) is 21.4 Å². The maximum Gasteiger partial charge on any atom is 0.292 e. The minimum atomic E-state index is -0.553. The lowest BCUT2D eigenvalue weighted by molar-refractivity contribution is -0.383. The number of hydrogen-bond acceptors (Lipinski definition) is 4. The Morgan fingerprint density at radius 1 is 1.20 bits per heavy atom. The highest BCUT2D eigenvalue weighted by Gasteiger charge is 2.17. The van der Waals surface area contributed by atoms with Crippen molar-refractivity contribution in [2.45, 2.75) is 5.92 Å². The molecule has 20 heavy (non-hydrogen) atoms. The quantitative estimate of drug-likeness (QED) is 0.531. The molecule has 2 N–H and O–H groups in total. The second-order valence-electron chi connectivity index (χ2n) is 4.19. The molecule has 2 aromatic carbocycles. The van der Waals surface area contributed by atoms with Crippen LogP contribution < -0.4 is 5.73 Å². The number of benzene rings is 2. The Balaban J connectivity index is 2.43. The molecule has 2 rings (SSSR count). The third-order valence-electron chi connectivity index (χ3n) is 2.91. The Hall–Kier alpha value is -2.58. The fourth-order valence-corrected chi connectivity index (χ4v) is 2.04. The molecule has 0 aliphatic carbocycles. The average Bonchev–Trinajstić information content (AvgIpc) is 2.41. The molecule has 0 bridgehead atoms. The van der Waals surface area contributed by atoms with E-state index in [0.29, 0.717) is 10.6 Å². The molecule has 0 aromatic heterocycles. The maximum absolute atomic E-state index is 10.7. The van der Waals surface area contributed by atoms with E-state index in [2.05, 4.69) is 6.07 Å². The summed E-state index contributed by atoms with van der Waals surface area (Å²) >= 11 is 5.81. The number of nitrogens with two attached hydrogens (primary N) is 1. The zero-order valence-electron chi connectivity index (χ0n) is 10.3. The number of nitrogens with zero attached hydrogens (tertiary/aromatic N) is 2. The van der Waals surface area contributed by atoms with Gasteiger partial charge in [0.25, 0.3) is 5.69 Å². The lowest BCUT2D eigenvalue weighted by Crippen LogP contribution is -2.01. The van der Waals surface area contributed by atoms with Crippen molar-refractivity contribution in [1.82, 2.24) is 0 Å². The Morgan fingerprint density at radius 2 is 1.80 bits per heavy atom. The van der Waals surface area contributed by atoms with Crippen LogP contribution in [0.2, 0.25) is 5.02 Å². The van der Waals surface area contributed by atoms with Crippen LogP contribution in [-0.2, 0) is 0 Å². The van der Waals surface area contributed by atoms with Crippen molar-refractivity contribution in [3.63, 3.8) is 0 Å². The third-order valence-corrected chi connectivity index (χ3v) is 3.17. The molecule has 0 spiro atoms. The molecule has 0 saturated carbocycles. The topological polar surface area (TPSA) is 92.9 Å². The molecule has 0 aliphatic heterocycles. The van der Waals surface area contributed by atoms with E-state index in [-0.39, 0.29) is 11.4 Å². The third kappa shape index (κ3) is 2.71. The van der Waals surface area contributed by atoms with E-state index in [4.69, 9.17) is 17.3 Å². The molecule has 0 saturated heterocycles. The minimum Gasteiger partial charge on any atom is -0.393 e. The van der Waals surface area contributed by atoms with E-state index in [9.17, 15) is 15.4 Å². The van der Waals surface area contributed by atoms with Gasteiger partial charge < -0.3 is 5.73 Å². The SMILES string of the molecule is N#CC(c1ccc(Cl)cc1)c1ccc([N+](=O)[O-])c(N)c1. The Bertz CT molecular complexity index is 693. The van der Waals surface area contributed by atoms with E-state index in [1.54, 1.807) is 24.3 Å². The molecule has 1 unspecified atom stereocenters. The molecule has 2 aromatic rings. The summed E-state index contributed by atoms with van der Waals surface area (Å²) in [5.41, 5.74) is 6.89. The van der Waals surface area contributed by atoms with Gasteiger partial charge >= 0.3 is 0 Å². The highest BCUT2D eigenvalue weighted by Crippen LogP contribution is 2.30. The van der Waals surface area contributed by atoms with Crippen molar-refractivity contribution in [3.8, 4) is 6.07 Å². The fraction of sp³-hybridized carbons (Fsp3) is 0.0714. The average molecular weight is 288 g/mol. The second kappa shape index (κ2) is 5.59. The molecular formula is C14H10ClN3O2. The number of nitro groups is 1. The van der Waals surface area contributed by atoms with Crippen molar-refractivity contribution in [1.29, 1.82) is 5.26 Å². The van der Waals surface area contributed by atoms with Crippen LogP contribution in [-0.4, -0.2) is 4.92 Å². The van der Waals surface area contributed by atoms with Crippen LogP contribution in [0.4, 0.5) is 11.4 Å². The van der Waals surface area contributed by atoms with Gasteiger partial charge in [0.1, 0.15) is 5.69 Å². The van der Waals surface area contributed by atoms with E-state index < -0.39 is 10.8 Å². The molecule has 6 heteroatoms. The summed E-state index contributed by atoms with van der Waals surface area (Å²) in [5.74, 6) is -0.546. The van der Waals surface area contributed by atoms with Gasteiger partial charge in [0.15, 0.2) is 0 Å². The standard InChI is InChI=1S/C14H10ClN3O2/c15-11-4-1-9(2-5-11)12(8-16)10-3-6-14(18(19)20)13(17)7-10/h1-7,12H,17H2. The molecule has 1 atom stereocenters. The summed E-state index contributed by atoms with van der Waals surface area (Å²) in [5, 5.41) is 20.6. The number of nitro benzene ring substituents is 1. The van der Waals surface area contributed by atoms with Gasteiger partial charge in [-0.2, -0.15) is 5.26 Å². The molecule has 0 amide bonds. The summed E-state index contributed by atoms with van der Waals surface area (Å²) in [4.78, 5) is 10.2. The normalized spacial score (nSPS) is 11.6. The summed E-state index contributed by atoms with van der Waals surface area (Å²) in [6.07, 6.45) is 0. The van der Waals surface area contributed by atoms with Crippen LogP contribution in [0.15, 0.2) is 42.5 Å². The van der Waals surface area contributed by atoms with Crippen molar-refractivity contribution in [2.24, 2.45) is 0 Å². The van der Waals surface area contributed by atoms with Crippen LogP contribution in [0.3, 0.4) is 0 Å². The lowest BCUT2D eigenvalue weighted by Gasteiger charge is -2.10. The zero-order valence-corrected chi connectivity index (χ0v) is 11.0. The van der Waals surface area contributed by atoms with Crippen LogP contribution in [0.5, 0.6) is 0 Å². The summed E-state index contributed by atoms with van der Waals surface area (Å²) in [6, 6.07) is 13.3. The molecule has 0 heterocycles. The highest BCUT2D eigenvalue weighted by atomic mass is 35.5. The van der Waals surface area contributed by atoms with E-state index >= 15 is 0 Å². The van der Waals surface area contributed by atoms with Crippen molar-refractivity contribution >= 4 is 23.0 Å². The van der Waals surface area contributed by atoms with Crippen LogP contribution in [0.1, 0.15) is 17.0 Å². The van der Waals surface area contributed by atoms with Gasteiger partial charge in [0, 0.05) is 11.1 Å². The maximum atomic E-state index is 10.7. The number of nitrogen functional groups attached to an aromatic ring is 1. The molecule has 0 radical (unpaired) electrons. The first-order valence-electron chi connectivity index (χ1n) is 5.72. The number of nitriles is 1. The second-order valence-corrected chi connectivity index (χ2v) is 4.63. The van der Waals surface area contributed by atoms with Crippen molar-refractivity contribution in [3.05, 3.63) is 68.7 Å². The summed E-state index contributed by atoms with van der Waals surface area (Å²) in [7, 11) is 0. The zero-order chi connectivity index (χ0) is 14.7. The molecule has 5 nitrogen and oxygen atoms in total. The fourth-order valence-electron chi connectivity index (χ4n) is 1.92.